The summed E-state index contributed by atoms with van der Waals surface area (Å²) in [5.74, 6) is 1.14. The Morgan fingerprint density at radius 3 is 2.50 bits per heavy atom. The van der Waals surface area contributed by atoms with Crippen molar-refractivity contribution < 1.29 is 4.39 Å². The standard InChI is InChI=1S/C13H13ClFN3/c1-9-16-12(14)7-13(17-9)18(2)8-10-3-5-11(15)6-4-10/h3-7H,8H2,1-2H3. The second-order valence-corrected chi connectivity index (χ2v) is 4.47. The van der Waals surface area contributed by atoms with Crippen LogP contribution in [0, 0.1) is 12.7 Å². The van der Waals surface area contributed by atoms with E-state index in [1.54, 1.807) is 25.1 Å². The minimum atomic E-state index is -0.234. The molecule has 0 aliphatic rings. The van der Waals surface area contributed by atoms with Gasteiger partial charge in [0.05, 0.1) is 0 Å². The smallest absolute Gasteiger partial charge is 0.134 e. The molecule has 1 aromatic heterocycles. The zero-order chi connectivity index (χ0) is 13.1. The number of anilines is 1. The Bertz CT molecular complexity index is 522. The molecule has 0 amide bonds. The molecule has 0 atom stereocenters. The third kappa shape index (κ3) is 3.17. The van der Waals surface area contributed by atoms with Crippen molar-refractivity contribution in [2.75, 3.05) is 11.9 Å². The van der Waals surface area contributed by atoms with E-state index in [0.717, 1.165) is 11.4 Å². The Morgan fingerprint density at radius 2 is 1.89 bits per heavy atom. The summed E-state index contributed by atoms with van der Waals surface area (Å²) in [6.45, 7) is 2.42. The first-order valence-corrected chi connectivity index (χ1v) is 5.89. The molecule has 2 rings (SSSR count). The van der Waals surface area contributed by atoms with E-state index >= 15 is 0 Å². The molecule has 0 fully saturated rings. The number of aromatic nitrogens is 2. The lowest BCUT2D eigenvalue weighted by Crippen LogP contribution is -2.18. The van der Waals surface area contributed by atoms with Crippen LogP contribution < -0.4 is 4.90 Å². The van der Waals surface area contributed by atoms with Gasteiger partial charge in [0.15, 0.2) is 0 Å². The minimum absolute atomic E-state index is 0.234. The van der Waals surface area contributed by atoms with Gasteiger partial charge in [0.1, 0.15) is 22.6 Å². The average Bonchev–Trinajstić information content (AvgIpc) is 2.31. The van der Waals surface area contributed by atoms with Gasteiger partial charge in [-0.15, -0.1) is 0 Å². The van der Waals surface area contributed by atoms with Gasteiger partial charge in [0.2, 0.25) is 0 Å². The predicted octanol–water partition coefficient (Wildman–Crippen LogP) is 3.21. The number of halogens is 2. The van der Waals surface area contributed by atoms with Crippen molar-refractivity contribution in [1.82, 2.24) is 9.97 Å². The third-order valence-corrected chi connectivity index (χ3v) is 2.71. The molecule has 0 radical (unpaired) electrons. The highest BCUT2D eigenvalue weighted by Crippen LogP contribution is 2.17. The maximum absolute atomic E-state index is 12.8. The van der Waals surface area contributed by atoms with E-state index in [1.165, 1.54) is 12.1 Å². The first kappa shape index (κ1) is 12.8. The Balaban J connectivity index is 2.16. The summed E-state index contributed by atoms with van der Waals surface area (Å²) in [6.07, 6.45) is 0. The Hall–Kier alpha value is -1.68. The van der Waals surface area contributed by atoms with Crippen molar-refractivity contribution in [3.05, 3.63) is 52.7 Å². The minimum Gasteiger partial charge on any atom is -0.355 e. The van der Waals surface area contributed by atoms with Gasteiger partial charge in [-0.2, -0.15) is 0 Å². The van der Waals surface area contributed by atoms with Crippen molar-refractivity contribution in [3.63, 3.8) is 0 Å². The first-order valence-electron chi connectivity index (χ1n) is 5.51. The molecule has 0 bridgehead atoms. The van der Waals surface area contributed by atoms with E-state index in [9.17, 15) is 4.39 Å². The summed E-state index contributed by atoms with van der Waals surface area (Å²) in [4.78, 5) is 10.3. The summed E-state index contributed by atoms with van der Waals surface area (Å²) in [6, 6.07) is 8.10. The van der Waals surface area contributed by atoms with Gasteiger partial charge in [-0.05, 0) is 24.6 Å². The van der Waals surface area contributed by atoms with Gasteiger partial charge in [0, 0.05) is 19.7 Å². The van der Waals surface area contributed by atoms with E-state index in [2.05, 4.69) is 9.97 Å². The van der Waals surface area contributed by atoms with Crippen LogP contribution in [-0.2, 0) is 6.54 Å². The largest absolute Gasteiger partial charge is 0.355 e. The van der Waals surface area contributed by atoms with Crippen molar-refractivity contribution in [1.29, 1.82) is 0 Å². The second-order valence-electron chi connectivity index (χ2n) is 4.08. The molecule has 0 aliphatic heterocycles. The van der Waals surface area contributed by atoms with Crippen LogP contribution in [0.3, 0.4) is 0 Å². The number of nitrogens with zero attached hydrogens (tertiary/aromatic N) is 3. The fraction of sp³-hybridized carbons (Fsp3) is 0.231. The highest BCUT2D eigenvalue weighted by molar-refractivity contribution is 6.29. The number of hydrogen-bond donors (Lipinski definition) is 0. The molecule has 0 N–H and O–H groups in total. The van der Waals surface area contributed by atoms with Crippen LogP contribution in [0.1, 0.15) is 11.4 Å². The van der Waals surface area contributed by atoms with E-state index in [0.29, 0.717) is 17.5 Å². The van der Waals surface area contributed by atoms with Gasteiger partial charge in [-0.25, -0.2) is 14.4 Å². The molecular weight excluding hydrogens is 253 g/mol. The van der Waals surface area contributed by atoms with Gasteiger partial charge >= 0.3 is 0 Å². The zero-order valence-corrected chi connectivity index (χ0v) is 10.9. The maximum atomic E-state index is 12.8. The maximum Gasteiger partial charge on any atom is 0.134 e. The van der Waals surface area contributed by atoms with Crippen LogP contribution in [0.5, 0.6) is 0 Å². The van der Waals surface area contributed by atoms with Crippen LogP contribution >= 0.6 is 11.6 Å². The van der Waals surface area contributed by atoms with Crippen LogP contribution in [0.4, 0.5) is 10.2 Å². The molecule has 1 aromatic carbocycles. The molecule has 94 valence electrons. The molecule has 5 heteroatoms. The van der Waals surface area contributed by atoms with Gasteiger partial charge in [-0.3, -0.25) is 0 Å². The normalized spacial score (nSPS) is 10.4. The number of hydrogen-bond acceptors (Lipinski definition) is 3. The molecule has 0 aliphatic carbocycles. The highest BCUT2D eigenvalue weighted by Gasteiger charge is 2.06. The zero-order valence-electron chi connectivity index (χ0n) is 10.2. The molecule has 0 unspecified atom stereocenters. The van der Waals surface area contributed by atoms with E-state index in [-0.39, 0.29) is 5.82 Å². The molecule has 0 saturated carbocycles. The molecular formula is C13H13ClFN3. The van der Waals surface area contributed by atoms with Crippen molar-refractivity contribution in [3.8, 4) is 0 Å². The Kier molecular flexibility index (Phi) is 3.77. The fourth-order valence-corrected chi connectivity index (χ4v) is 1.88. The lowest BCUT2D eigenvalue weighted by Gasteiger charge is -2.18. The highest BCUT2D eigenvalue weighted by atomic mass is 35.5. The van der Waals surface area contributed by atoms with Gasteiger partial charge in [0.25, 0.3) is 0 Å². The SMILES string of the molecule is Cc1nc(Cl)cc(N(C)Cc2ccc(F)cc2)n1. The summed E-state index contributed by atoms with van der Waals surface area (Å²) >= 11 is 5.89. The van der Waals surface area contributed by atoms with E-state index in [4.69, 9.17) is 11.6 Å². The quantitative estimate of drug-likeness (QED) is 0.798. The number of rotatable bonds is 3. The van der Waals surface area contributed by atoms with Crippen molar-refractivity contribution >= 4 is 17.4 Å². The van der Waals surface area contributed by atoms with Crippen LogP contribution in [0.15, 0.2) is 30.3 Å². The summed E-state index contributed by atoms with van der Waals surface area (Å²) in [5.41, 5.74) is 1.01. The Morgan fingerprint density at radius 1 is 1.22 bits per heavy atom. The summed E-state index contributed by atoms with van der Waals surface area (Å²) in [5, 5.41) is 0.420. The van der Waals surface area contributed by atoms with Crippen molar-refractivity contribution in [2.45, 2.75) is 13.5 Å². The molecule has 3 nitrogen and oxygen atoms in total. The Labute approximate surface area is 110 Å². The molecule has 1 heterocycles. The second kappa shape index (κ2) is 5.31. The summed E-state index contributed by atoms with van der Waals surface area (Å²) < 4.78 is 12.8. The third-order valence-electron chi connectivity index (χ3n) is 2.52. The fourth-order valence-electron chi connectivity index (χ4n) is 1.66. The predicted molar refractivity (Wildman–Crippen MR) is 70.3 cm³/mol. The van der Waals surface area contributed by atoms with Crippen LogP contribution in [0.2, 0.25) is 5.15 Å². The van der Waals surface area contributed by atoms with E-state index in [1.807, 2.05) is 11.9 Å². The lowest BCUT2D eigenvalue weighted by molar-refractivity contribution is 0.627. The molecule has 0 saturated heterocycles. The van der Waals surface area contributed by atoms with Crippen molar-refractivity contribution in [2.24, 2.45) is 0 Å². The monoisotopic (exact) mass is 265 g/mol. The first-order chi connectivity index (χ1) is 8.54. The van der Waals surface area contributed by atoms with Gasteiger partial charge in [-0.1, -0.05) is 23.7 Å². The number of aryl methyl sites for hydroxylation is 1. The number of benzene rings is 1. The topological polar surface area (TPSA) is 29.0 Å². The van der Waals surface area contributed by atoms with E-state index < -0.39 is 0 Å². The molecule has 0 spiro atoms. The molecule has 18 heavy (non-hydrogen) atoms. The molecule has 2 aromatic rings. The van der Waals surface area contributed by atoms with Crippen LogP contribution in [-0.4, -0.2) is 17.0 Å². The lowest BCUT2D eigenvalue weighted by atomic mass is 10.2. The summed E-state index contributed by atoms with van der Waals surface area (Å²) in [7, 11) is 1.90. The van der Waals surface area contributed by atoms with Gasteiger partial charge < -0.3 is 4.90 Å². The van der Waals surface area contributed by atoms with Crippen LogP contribution in [0.25, 0.3) is 0 Å². The average molecular weight is 266 g/mol.